The van der Waals surface area contributed by atoms with Gasteiger partial charge in [-0.25, -0.2) is 0 Å². The molecule has 0 unspecified atom stereocenters. The molecule has 0 bridgehead atoms. The number of likely N-dealkylation sites (N-methyl/N-ethyl adjacent to an activating group) is 1. The van der Waals surface area contributed by atoms with Crippen LogP contribution in [0.15, 0.2) is 24.3 Å². The van der Waals surface area contributed by atoms with E-state index >= 15 is 0 Å². The number of piperidine rings is 1. The van der Waals surface area contributed by atoms with Crippen LogP contribution in [0.5, 0.6) is 0 Å². The van der Waals surface area contributed by atoms with E-state index in [4.69, 9.17) is 0 Å². The SMILES string of the molecule is Cc1ccccc1[C@@H](C(=O)N1CCC2(CCC(=O)N2)CC1)N(C)C. The van der Waals surface area contributed by atoms with Crippen molar-refractivity contribution in [3.8, 4) is 0 Å². The zero-order valence-electron chi connectivity index (χ0n) is 14.8. The molecule has 2 saturated heterocycles. The number of carbonyl (C=O) groups excluding carboxylic acids is 2. The van der Waals surface area contributed by atoms with Crippen molar-refractivity contribution in [3.05, 3.63) is 35.4 Å². The van der Waals surface area contributed by atoms with Gasteiger partial charge in [0, 0.05) is 25.0 Å². The van der Waals surface area contributed by atoms with Gasteiger partial charge in [0.25, 0.3) is 0 Å². The Morgan fingerprint density at radius 3 is 2.42 bits per heavy atom. The minimum absolute atomic E-state index is 0.0653. The van der Waals surface area contributed by atoms with E-state index in [1.165, 1.54) is 0 Å². The van der Waals surface area contributed by atoms with Crippen molar-refractivity contribution < 1.29 is 9.59 Å². The number of hydrogen-bond donors (Lipinski definition) is 1. The van der Waals surface area contributed by atoms with Crippen molar-refractivity contribution in [2.24, 2.45) is 0 Å². The van der Waals surface area contributed by atoms with Crippen molar-refractivity contribution in [2.75, 3.05) is 27.2 Å². The fourth-order valence-electron chi connectivity index (χ4n) is 4.00. The summed E-state index contributed by atoms with van der Waals surface area (Å²) < 4.78 is 0. The summed E-state index contributed by atoms with van der Waals surface area (Å²) in [5.41, 5.74) is 2.15. The van der Waals surface area contributed by atoms with Crippen LogP contribution in [0.3, 0.4) is 0 Å². The van der Waals surface area contributed by atoms with Crippen molar-refractivity contribution >= 4 is 11.8 Å². The average Bonchev–Trinajstić information content (AvgIpc) is 2.90. The first-order chi connectivity index (χ1) is 11.4. The summed E-state index contributed by atoms with van der Waals surface area (Å²) in [6.45, 7) is 3.49. The lowest BCUT2D eigenvalue weighted by atomic mass is 9.86. The van der Waals surface area contributed by atoms with Gasteiger partial charge < -0.3 is 10.2 Å². The average molecular weight is 329 g/mol. The third-order valence-electron chi connectivity index (χ3n) is 5.50. The molecule has 0 aliphatic carbocycles. The van der Waals surface area contributed by atoms with Gasteiger partial charge in [0.2, 0.25) is 11.8 Å². The molecule has 1 N–H and O–H groups in total. The second-order valence-corrected chi connectivity index (χ2v) is 7.38. The third kappa shape index (κ3) is 3.18. The van der Waals surface area contributed by atoms with Crippen LogP contribution in [-0.4, -0.2) is 54.3 Å². The summed E-state index contributed by atoms with van der Waals surface area (Å²) in [4.78, 5) is 28.7. The predicted molar refractivity (Wildman–Crippen MR) is 93.5 cm³/mol. The van der Waals surface area contributed by atoms with Crippen molar-refractivity contribution in [1.82, 2.24) is 15.1 Å². The van der Waals surface area contributed by atoms with Gasteiger partial charge in [0.1, 0.15) is 6.04 Å². The third-order valence-corrected chi connectivity index (χ3v) is 5.50. The smallest absolute Gasteiger partial charge is 0.244 e. The molecule has 3 rings (SSSR count). The van der Waals surface area contributed by atoms with Gasteiger partial charge in [-0.05, 0) is 51.4 Å². The van der Waals surface area contributed by atoms with Crippen LogP contribution >= 0.6 is 0 Å². The standard InChI is InChI=1S/C19H27N3O2/c1-14-6-4-5-7-15(14)17(21(2)3)18(24)22-12-10-19(11-13-22)9-8-16(23)20-19/h4-7,17H,8-13H2,1-3H3,(H,20,23)/t17-/m0/s1. The van der Waals surface area contributed by atoms with Gasteiger partial charge in [0.15, 0.2) is 0 Å². The van der Waals surface area contributed by atoms with E-state index in [1.54, 1.807) is 0 Å². The molecule has 130 valence electrons. The molecule has 2 aliphatic rings. The van der Waals surface area contributed by atoms with Crippen LogP contribution in [-0.2, 0) is 9.59 Å². The van der Waals surface area contributed by atoms with Crippen LogP contribution in [0, 0.1) is 6.92 Å². The van der Waals surface area contributed by atoms with Crippen LogP contribution in [0.4, 0.5) is 0 Å². The molecule has 2 aliphatic heterocycles. The van der Waals surface area contributed by atoms with Gasteiger partial charge in [-0.15, -0.1) is 0 Å². The number of hydrogen-bond acceptors (Lipinski definition) is 3. The molecule has 24 heavy (non-hydrogen) atoms. The molecule has 0 radical (unpaired) electrons. The Morgan fingerprint density at radius 1 is 1.21 bits per heavy atom. The summed E-state index contributed by atoms with van der Waals surface area (Å²) in [5.74, 6) is 0.314. The summed E-state index contributed by atoms with van der Waals surface area (Å²) in [6, 6.07) is 7.84. The Labute approximate surface area is 144 Å². The van der Waals surface area contributed by atoms with Gasteiger partial charge in [-0.1, -0.05) is 24.3 Å². The Bertz CT molecular complexity index is 633. The summed E-state index contributed by atoms with van der Waals surface area (Å²) in [7, 11) is 3.91. The fraction of sp³-hybridized carbons (Fsp3) is 0.579. The molecule has 2 heterocycles. The predicted octanol–water partition coefficient (Wildman–Crippen LogP) is 1.87. The number of aryl methyl sites for hydroxylation is 1. The molecule has 1 spiro atoms. The maximum absolute atomic E-state index is 13.2. The molecular formula is C19H27N3O2. The van der Waals surface area contributed by atoms with E-state index in [-0.39, 0.29) is 23.4 Å². The van der Waals surface area contributed by atoms with E-state index in [1.807, 2.05) is 42.1 Å². The number of amides is 2. The lowest BCUT2D eigenvalue weighted by Crippen LogP contribution is -2.53. The zero-order chi connectivity index (χ0) is 17.3. The number of rotatable bonds is 3. The number of nitrogens with one attached hydrogen (secondary N) is 1. The molecular weight excluding hydrogens is 302 g/mol. The van der Waals surface area contributed by atoms with E-state index in [9.17, 15) is 9.59 Å². The second-order valence-electron chi connectivity index (χ2n) is 7.38. The van der Waals surface area contributed by atoms with Crippen molar-refractivity contribution in [1.29, 1.82) is 0 Å². The maximum Gasteiger partial charge on any atom is 0.244 e. The molecule has 5 nitrogen and oxygen atoms in total. The highest BCUT2D eigenvalue weighted by atomic mass is 16.2. The van der Waals surface area contributed by atoms with E-state index < -0.39 is 0 Å². The molecule has 1 atom stereocenters. The lowest BCUT2D eigenvalue weighted by Gasteiger charge is -2.41. The molecule has 0 saturated carbocycles. The van der Waals surface area contributed by atoms with Gasteiger partial charge in [0.05, 0.1) is 0 Å². The topological polar surface area (TPSA) is 52.7 Å². The fourth-order valence-corrected chi connectivity index (χ4v) is 4.00. The molecule has 1 aromatic carbocycles. The van der Waals surface area contributed by atoms with Gasteiger partial charge >= 0.3 is 0 Å². The number of nitrogens with zero attached hydrogens (tertiary/aromatic N) is 2. The van der Waals surface area contributed by atoms with E-state index in [2.05, 4.69) is 18.3 Å². The first kappa shape index (κ1) is 17.0. The normalized spacial score (nSPS) is 21.2. The van der Waals surface area contributed by atoms with E-state index in [0.29, 0.717) is 6.42 Å². The zero-order valence-corrected chi connectivity index (χ0v) is 14.8. The Balaban J connectivity index is 1.73. The first-order valence-electron chi connectivity index (χ1n) is 8.74. The van der Waals surface area contributed by atoms with Gasteiger partial charge in [-0.2, -0.15) is 0 Å². The van der Waals surface area contributed by atoms with Crippen LogP contribution in [0.1, 0.15) is 42.9 Å². The van der Waals surface area contributed by atoms with Crippen LogP contribution < -0.4 is 5.32 Å². The quantitative estimate of drug-likeness (QED) is 0.921. The number of likely N-dealkylation sites (tertiary alicyclic amines) is 1. The minimum atomic E-state index is -0.251. The highest BCUT2D eigenvalue weighted by molar-refractivity contribution is 5.84. The highest BCUT2D eigenvalue weighted by Crippen LogP contribution is 2.33. The summed E-state index contributed by atoms with van der Waals surface area (Å²) in [5, 5.41) is 3.13. The van der Waals surface area contributed by atoms with Crippen LogP contribution in [0.25, 0.3) is 0 Å². The minimum Gasteiger partial charge on any atom is -0.351 e. The molecule has 2 fully saturated rings. The number of benzene rings is 1. The largest absolute Gasteiger partial charge is 0.351 e. The molecule has 1 aromatic rings. The first-order valence-corrected chi connectivity index (χ1v) is 8.74. The monoisotopic (exact) mass is 329 g/mol. The summed E-state index contributed by atoms with van der Waals surface area (Å²) >= 11 is 0. The lowest BCUT2D eigenvalue weighted by molar-refractivity contribution is -0.138. The maximum atomic E-state index is 13.2. The van der Waals surface area contributed by atoms with Crippen molar-refractivity contribution in [2.45, 2.75) is 44.2 Å². The Hall–Kier alpha value is -1.88. The van der Waals surface area contributed by atoms with E-state index in [0.717, 1.165) is 43.5 Å². The second kappa shape index (κ2) is 6.55. The summed E-state index contributed by atoms with van der Waals surface area (Å²) in [6.07, 6.45) is 3.25. The Morgan fingerprint density at radius 2 is 1.88 bits per heavy atom. The number of carbonyl (C=O) groups is 2. The highest BCUT2D eigenvalue weighted by Gasteiger charge is 2.42. The Kier molecular flexibility index (Phi) is 4.63. The molecule has 5 heteroatoms. The molecule has 2 amide bonds. The van der Waals surface area contributed by atoms with Crippen molar-refractivity contribution in [3.63, 3.8) is 0 Å². The molecule has 0 aromatic heterocycles. The van der Waals surface area contributed by atoms with Crippen LogP contribution in [0.2, 0.25) is 0 Å². The van der Waals surface area contributed by atoms with Gasteiger partial charge in [-0.3, -0.25) is 14.5 Å².